The maximum absolute atomic E-state index is 10.4. The topological polar surface area (TPSA) is 38.0 Å². The summed E-state index contributed by atoms with van der Waals surface area (Å²) in [6.45, 7) is 7.79. The summed E-state index contributed by atoms with van der Waals surface area (Å²) in [5, 5.41) is 17.4. The van der Waals surface area contributed by atoms with Crippen molar-refractivity contribution in [1.82, 2.24) is 9.13 Å². The Morgan fingerprint density at radius 1 is 0.674 bits per heavy atom. The molecular formula is C42H28N4. The molecule has 0 radical (unpaired) electrons. The van der Waals surface area contributed by atoms with Gasteiger partial charge in [0.25, 0.3) is 0 Å². The molecule has 0 fully saturated rings. The Hall–Kier alpha value is -6.36. The number of rotatable bonds is 6. The van der Waals surface area contributed by atoms with E-state index >= 15 is 0 Å². The highest BCUT2D eigenvalue weighted by atomic mass is 15.0. The van der Waals surface area contributed by atoms with Crippen molar-refractivity contribution in [3.8, 4) is 17.2 Å². The van der Waals surface area contributed by atoms with Gasteiger partial charge in [-0.3, -0.25) is 0 Å². The molecule has 0 aliphatic rings. The Kier molecular flexibility index (Phi) is 6.68. The molecule has 4 nitrogen and oxygen atoms in total. The van der Waals surface area contributed by atoms with Crippen LogP contribution >= 0.6 is 0 Å². The Morgan fingerprint density at radius 3 is 2.15 bits per heavy atom. The zero-order valence-corrected chi connectivity index (χ0v) is 25.0. The van der Waals surface area contributed by atoms with Gasteiger partial charge < -0.3 is 9.13 Å². The largest absolute Gasteiger partial charge is 0.324 e. The average Bonchev–Trinajstić information content (AvgIpc) is 3.62. The number of nitriles is 1. The SMILES string of the molecule is [C-]#[N+]/C=C(/CC(C#N)/C=C/n1c2ccccc2c2c3ccccc3ccc21)n1c2ccccc2c2cc(-c3ccccc3)ccc21. The van der Waals surface area contributed by atoms with Crippen LogP contribution in [0.2, 0.25) is 0 Å². The van der Waals surface area contributed by atoms with Crippen LogP contribution in [0.4, 0.5) is 0 Å². The van der Waals surface area contributed by atoms with Gasteiger partial charge in [-0.15, -0.1) is 0 Å². The second-order valence-electron chi connectivity index (χ2n) is 11.5. The Morgan fingerprint density at radius 2 is 1.35 bits per heavy atom. The second kappa shape index (κ2) is 11.3. The van der Waals surface area contributed by atoms with Gasteiger partial charge in [0, 0.05) is 33.4 Å². The summed E-state index contributed by atoms with van der Waals surface area (Å²) < 4.78 is 4.34. The molecule has 4 heteroatoms. The highest BCUT2D eigenvalue weighted by Crippen LogP contribution is 2.37. The van der Waals surface area contributed by atoms with Gasteiger partial charge in [0.2, 0.25) is 0 Å². The first-order valence-corrected chi connectivity index (χ1v) is 15.4. The number of hydrogen-bond acceptors (Lipinski definition) is 1. The lowest BCUT2D eigenvalue weighted by Crippen LogP contribution is -2.03. The molecule has 6 aromatic carbocycles. The molecule has 0 bridgehead atoms. The molecule has 0 spiro atoms. The molecule has 0 aliphatic heterocycles. The minimum atomic E-state index is -0.454. The number of hydrogen-bond donors (Lipinski definition) is 0. The van der Waals surface area contributed by atoms with Crippen LogP contribution in [0.25, 0.3) is 82.3 Å². The summed E-state index contributed by atoms with van der Waals surface area (Å²) in [4.78, 5) is 3.71. The Labute approximate surface area is 266 Å². The average molecular weight is 589 g/mol. The van der Waals surface area contributed by atoms with Crippen molar-refractivity contribution in [2.75, 3.05) is 0 Å². The molecule has 8 rings (SSSR count). The van der Waals surface area contributed by atoms with Gasteiger partial charge in [-0.2, -0.15) is 5.26 Å². The van der Waals surface area contributed by atoms with Crippen LogP contribution < -0.4 is 0 Å². The van der Waals surface area contributed by atoms with E-state index in [1.807, 2.05) is 24.4 Å². The van der Waals surface area contributed by atoms with Crippen molar-refractivity contribution in [2.45, 2.75) is 6.42 Å². The second-order valence-corrected chi connectivity index (χ2v) is 11.5. The third kappa shape index (κ3) is 4.44. The molecule has 216 valence electrons. The van der Waals surface area contributed by atoms with Gasteiger partial charge in [0.1, 0.15) is 0 Å². The first kappa shape index (κ1) is 27.2. The monoisotopic (exact) mass is 588 g/mol. The van der Waals surface area contributed by atoms with E-state index in [0.29, 0.717) is 6.42 Å². The molecule has 46 heavy (non-hydrogen) atoms. The number of aromatic nitrogens is 2. The van der Waals surface area contributed by atoms with Crippen LogP contribution in [-0.2, 0) is 0 Å². The summed E-state index contributed by atoms with van der Waals surface area (Å²) in [5.41, 5.74) is 7.32. The van der Waals surface area contributed by atoms with E-state index in [2.05, 4.69) is 141 Å². The molecule has 0 amide bonds. The van der Waals surface area contributed by atoms with Crippen LogP contribution in [0.1, 0.15) is 6.42 Å². The summed E-state index contributed by atoms with van der Waals surface area (Å²) in [6.07, 6.45) is 5.96. The fourth-order valence-electron chi connectivity index (χ4n) is 6.87. The third-order valence-corrected chi connectivity index (χ3v) is 8.94. The lowest BCUT2D eigenvalue weighted by Gasteiger charge is -2.14. The minimum Gasteiger partial charge on any atom is -0.324 e. The van der Waals surface area contributed by atoms with Crippen molar-refractivity contribution >= 4 is 66.3 Å². The van der Waals surface area contributed by atoms with Gasteiger partial charge in [-0.05, 0) is 58.7 Å². The van der Waals surface area contributed by atoms with E-state index in [0.717, 1.165) is 49.7 Å². The fourth-order valence-corrected chi connectivity index (χ4v) is 6.87. The van der Waals surface area contributed by atoms with Crippen LogP contribution in [0.5, 0.6) is 0 Å². The number of nitrogens with zero attached hydrogens (tertiary/aromatic N) is 4. The molecule has 0 N–H and O–H groups in total. The summed E-state index contributed by atoms with van der Waals surface area (Å²) in [7, 11) is 0. The van der Waals surface area contributed by atoms with Crippen LogP contribution in [-0.4, -0.2) is 9.13 Å². The molecule has 1 unspecified atom stereocenters. The summed E-state index contributed by atoms with van der Waals surface area (Å²) in [6, 6.07) is 48.9. The van der Waals surface area contributed by atoms with Crippen molar-refractivity contribution < 1.29 is 0 Å². The van der Waals surface area contributed by atoms with Gasteiger partial charge in [-0.1, -0.05) is 109 Å². The van der Waals surface area contributed by atoms with E-state index in [1.165, 1.54) is 21.5 Å². The minimum absolute atomic E-state index is 0.393. The van der Waals surface area contributed by atoms with Gasteiger partial charge >= 0.3 is 0 Å². The van der Waals surface area contributed by atoms with Gasteiger partial charge in [0.05, 0.1) is 40.6 Å². The molecule has 8 aromatic rings. The predicted molar refractivity (Wildman–Crippen MR) is 192 cm³/mol. The van der Waals surface area contributed by atoms with E-state index in [-0.39, 0.29) is 0 Å². The lowest BCUT2D eigenvalue weighted by atomic mass is 10.0. The number of allylic oxidation sites excluding steroid dienone is 2. The quantitative estimate of drug-likeness (QED) is 0.178. The van der Waals surface area contributed by atoms with E-state index in [9.17, 15) is 5.26 Å². The lowest BCUT2D eigenvalue weighted by molar-refractivity contribution is 0.833. The van der Waals surface area contributed by atoms with Crippen molar-refractivity contribution in [2.24, 2.45) is 5.92 Å². The highest BCUT2D eigenvalue weighted by molar-refractivity contribution is 6.21. The smallest absolute Gasteiger partial charge is 0.173 e. The van der Waals surface area contributed by atoms with Crippen LogP contribution in [0, 0.1) is 23.8 Å². The highest BCUT2D eigenvalue weighted by Gasteiger charge is 2.18. The standard InChI is InChI=1S/C42H28N4/c1-44-28-33(46-39-18-10-7-15-35(39)37-26-32(20-21-40(37)46)30-11-3-2-4-12-30)25-29(27-43)23-24-45-38-17-9-8-16-36(38)42-34-14-6-5-13-31(34)19-22-41(42)45/h2-24,26,28-29H,25H2/b24-23+,33-28-. The summed E-state index contributed by atoms with van der Waals surface area (Å²) in [5.74, 6) is -0.454. The van der Waals surface area contributed by atoms with Gasteiger partial charge in [-0.25, -0.2) is 4.85 Å². The maximum Gasteiger partial charge on any atom is 0.173 e. The molecule has 2 heterocycles. The van der Waals surface area contributed by atoms with Crippen molar-refractivity contribution in [3.05, 3.63) is 157 Å². The van der Waals surface area contributed by atoms with Crippen LogP contribution in [0.3, 0.4) is 0 Å². The van der Waals surface area contributed by atoms with Gasteiger partial charge in [0.15, 0.2) is 6.20 Å². The maximum atomic E-state index is 10.4. The first-order valence-electron chi connectivity index (χ1n) is 15.4. The molecule has 0 saturated carbocycles. The number of para-hydroxylation sites is 2. The molecule has 0 saturated heterocycles. The van der Waals surface area contributed by atoms with E-state index in [1.54, 1.807) is 6.20 Å². The first-order chi connectivity index (χ1) is 22.7. The predicted octanol–water partition coefficient (Wildman–Crippen LogP) is 11.1. The normalized spacial score (nSPS) is 12.8. The zero-order chi connectivity index (χ0) is 31.0. The molecule has 1 atom stereocenters. The fraction of sp³-hybridized carbons (Fsp3) is 0.0476. The Bertz CT molecular complexity index is 2580. The van der Waals surface area contributed by atoms with Crippen LogP contribution in [0.15, 0.2) is 146 Å². The number of fused-ring (bicyclic) bond motifs is 8. The Balaban J connectivity index is 1.22. The molecular weight excluding hydrogens is 560 g/mol. The van der Waals surface area contributed by atoms with E-state index in [4.69, 9.17) is 6.57 Å². The molecule has 0 aliphatic carbocycles. The summed E-state index contributed by atoms with van der Waals surface area (Å²) >= 11 is 0. The van der Waals surface area contributed by atoms with Crippen molar-refractivity contribution in [3.63, 3.8) is 0 Å². The van der Waals surface area contributed by atoms with E-state index < -0.39 is 5.92 Å². The number of benzene rings is 6. The zero-order valence-electron chi connectivity index (χ0n) is 25.0. The third-order valence-electron chi connectivity index (χ3n) is 8.94. The molecule has 2 aromatic heterocycles. The van der Waals surface area contributed by atoms with Crippen molar-refractivity contribution in [1.29, 1.82) is 5.26 Å².